The van der Waals surface area contributed by atoms with Crippen LogP contribution in [0.1, 0.15) is 5.69 Å². The highest BCUT2D eigenvalue weighted by atomic mass is 16.2. The van der Waals surface area contributed by atoms with Gasteiger partial charge in [0.2, 0.25) is 0 Å². The molecule has 0 radical (unpaired) electrons. The third-order valence-corrected chi connectivity index (χ3v) is 2.17. The molecule has 0 saturated carbocycles. The lowest BCUT2D eigenvalue weighted by Crippen LogP contribution is -2.33. The number of hydrogen-bond acceptors (Lipinski definition) is 3. The molecule has 0 amide bonds. The van der Waals surface area contributed by atoms with E-state index in [4.69, 9.17) is 5.73 Å². The monoisotopic (exact) mass is 219 g/mol. The molecule has 16 heavy (non-hydrogen) atoms. The van der Waals surface area contributed by atoms with Crippen LogP contribution in [0.2, 0.25) is 0 Å². The summed E-state index contributed by atoms with van der Waals surface area (Å²) in [4.78, 5) is 27.6. The molecule has 0 atom stereocenters. The van der Waals surface area contributed by atoms with E-state index in [-0.39, 0.29) is 5.82 Å². The molecular formula is C10H11N4O2+. The lowest BCUT2D eigenvalue weighted by atomic mass is 10.3. The first-order valence-corrected chi connectivity index (χ1v) is 4.72. The number of nitrogens with two attached hydrogens (primary N) is 1. The van der Waals surface area contributed by atoms with E-state index in [1.165, 1.54) is 10.6 Å². The number of nitrogens with zero attached hydrogens (tertiary/aromatic N) is 1. The molecule has 0 spiro atoms. The molecule has 6 nitrogen and oxygen atoms in total. The average molecular weight is 219 g/mol. The molecule has 0 saturated heterocycles. The predicted molar refractivity (Wildman–Crippen MR) is 57.8 cm³/mol. The van der Waals surface area contributed by atoms with Crippen molar-refractivity contribution in [3.8, 4) is 0 Å². The maximum absolute atomic E-state index is 11.5. The van der Waals surface area contributed by atoms with Gasteiger partial charge in [-0.05, 0) is 0 Å². The summed E-state index contributed by atoms with van der Waals surface area (Å²) in [6, 6.07) is 6.70. The van der Waals surface area contributed by atoms with E-state index in [1.807, 2.05) is 18.2 Å². The van der Waals surface area contributed by atoms with E-state index in [0.717, 1.165) is 5.69 Å². The van der Waals surface area contributed by atoms with Crippen LogP contribution in [0.5, 0.6) is 0 Å². The van der Waals surface area contributed by atoms with Crippen molar-refractivity contribution in [3.05, 3.63) is 57.0 Å². The fraction of sp³-hybridized carbons (Fsp3) is 0.100. The quantitative estimate of drug-likeness (QED) is 0.676. The number of aromatic amines is 2. The molecule has 0 aliphatic carbocycles. The fourth-order valence-electron chi connectivity index (χ4n) is 1.40. The minimum Gasteiger partial charge on any atom is -0.385 e. The Morgan fingerprint density at radius 2 is 2.19 bits per heavy atom. The zero-order valence-corrected chi connectivity index (χ0v) is 8.43. The fourth-order valence-corrected chi connectivity index (χ4v) is 1.40. The Bertz CT molecular complexity index is 600. The van der Waals surface area contributed by atoms with Crippen LogP contribution >= 0.6 is 0 Å². The minimum atomic E-state index is -0.512. The molecule has 82 valence electrons. The van der Waals surface area contributed by atoms with Crippen molar-refractivity contribution in [2.45, 2.75) is 6.54 Å². The molecular weight excluding hydrogens is 208 g/mol. The highest BCUT2D eigenvalue weighted by molar-refractivity contribution is 5.26. The Balaban J connectivity index is 2.43. The largest absolute Gasteiger partial charge is 0.385 e. The minimum absolute atomic E-state index is 0.144. The van der Waals surface area contributed by atoms with E-state index in [0.29, 0.717) is 6.54 Å². The zero-order valence-electron chi connectivity index (χ0n) is 8.43. The molecule has 4 N–H and O–H groups in total. The second-order valence-electron chi connectivity index (χ2n) is 3.34. The third kappa shape index (κ3) is 2.00. The van der Waals surface area contributed by atoms with E-state index in [2.05, 4.69) is 9.97 Å². The normalized spacial score (nSPS) is 10.2. The van der Waals surface area contributed by atoms with Gasteiger partial charge in [-0.2, -0.15) is 0 Å². The average Bonchev–Trinajstić information content (AvgIpc) is 2.25. The number of rotatable bonds is 2. The first-order chi connectivity index (χ1) is 7.66. The van der Waals surface area contributed by atoms with Gasteiger partial charge in [-0.15, -0.1) is 0 Å². The van der Waals surface area contributed by atoms with Crippen LogP contribution in [-0.2, 0) is 6.54 Å². The molecule has 0 aromatic carbocycles. The van der Waals surface area contributed by atoms with Gasteiger partial charge >= 0.3 is 5.69 Å². The van der Waals surface area contributed by atoms with Crippen LogP contribution < -0.4 is 22.0 Å². The van der Waals surface area contributed by atoms with Gasteiger partial charge in [-0.25, -0.2) is 9.78 Å². The van der Waals surface area contributed by atoms with Crippen LogP contribution in [0.4, 0.5) is 5.82 Å². The van der Waals surface area contributed by atoms with Crippen molar-refractivity contribution < 1.29 is 4.98 Å². The lowest BCUT2D eigenvalue weighted by Gasteiger charge is -2.04. The van der Waals surface area contributed by atoms with Gasteiger partial charge in [0.25, 0.3) is 5.56 Å². The predicted octanol–water partition coefficient (Wildman–Crippen LogP) is -1.02. The maximum atomic E-state index is 11.5. The number of nitrogens with one attached hydrogen (secondary N) is 2. The van der Waals surface area contributed by atoms with Crippen molar-refractivity contribution in [1.82, 2.24) is 9.55 Å². The van der Waals surface area contributed by atoms with Gasteiger partial charge < -0.3 is 5.73 Å². The summed E-state index contributed by atoms with van der Waals surface area (Å²) < 4.78 is 1.28. The number of anilines is 1. The molecule has 0 aliphatic heterocycles. The summed E-state index contributed by atoms with van der Waals surface area (Å²) >= 11 is 0. The van der Waals surface area contributed by atoms with Crippen molar-refractivity contribution in [1.29, 1.82) is 0 Å². The number of nitrogen functional groups attached to an aromatic ring is 1. The number of hydrogen-bond donors (Lipinski definition) is 2. The van der Waals surface area contributed by atoms with Crippen LogP contribution in [0.3, 0.4) is 0 Å². The Labute approximate surface area is 90.4 Å². The van der Waals surface area contributed by atoms with Crippen LogP contribution in [-0.4, -0.2) is 9.55 Å². The summed E-state index contributed by atoms with van der Waals surface area (Å²) in [5.41, 5.74) is 5.42. The van der Waals surface area contributed by atoms with E-state index < -0.39 is 11.2 Å². The summed E-state index contributed by atoms with van der Waals surface area (Å²) in [7, 11) is 0. The molecule has 0 aliphatic rings. The number of aromatic nitrogens is 3. The van der Waals surface area contributed by atoms with Crippen LogP contribution in [0.25, 0.3) is 0 Å². The second-order valence-corrected chi connectivity index (χ2v) is 3.34. The Hall–Kier alpha value is -2.37. The molecule has 2 rings (SSSR count). The highest BCUT2D eigenvalue weighted by Gasteiger charge is 2.06. The second kappa shape index (κ2) is 4.01. The third-order valence-electron chi connectivity index (χ3n) is 2.17. The van der Waals surface area contributed by atoms with Crippen LogP contribution in [0, 0.1) is 0 Å². The first kappa shape index (κ1) is 10.2. The van der Waals surface area contributed by atoms with E-state index >= 15 is 0 Å². The molecule has 6 heteroatoms. The smallest absolute Gasteiger partial charge is 0.330 e. The summed E-state index contributed by atoms with van der Waals surface area (Å²) in [5.74, 6) is 0.144. The lowest BCUT2D eigenvalue weighted by molar-refractivity contribution is -0.390. The van der Waals surface area contributed by atoms with E-state index in [1.54, 1.807) is 6.20 Å². The summed E-state index contributed by atoms with van der Waals surface area (Å²) in [6.45, 7) is 0.294. The van der Waals surface area contributed by atoms with Gasteiger partial charge in [0.15, 0.2) is 11.9 Å². The van der Waals surface area contributed by atoms with Crippen LogP contribution in [0.15, 0.2) is 40.1 Å². The Kier molecular flexibility index (Phi) is 2.55. The van der Waals surface area contributed by atoms with Gasteiger partial charge in [0.1, 0.15) is 12.4 Å². The van der Waals surface area contributed by atoms with Crippen molar-refractivity contribution in [2.24, 2.45) is 0 Å². The molecule has 2 aromatic rings. The molecule has 2 aromatic heterocycles. The molecule has 0 unspecified atom stereocenters. The highest BCUT2D eigenvalue weighted by Crippen LogP contribution is 1.97. The van der Waals surface area contributed by atoms with Gasteiger partial charge in [-0.3, -0.25) is 14.3 Å². The van der Waals surface area contributed by atoms with Gasteiger partial charge in [-0.1, -0.05) is 6.07 Å². The SMILES string of the molecule is Nc1cc(=O)[nH]c(=O)n1Cc1cccc[nH+]1. The van der Waals surface area contributed by atoms with E-state index in [9.17, 15) is 9.59 Å². The number of pyridine rings is 1. The Morgan fingerprint density at radius 1 is 1.38 bits per heavy atom. The zero-order chi connectivity index (χ0) is 11.5. The molecule has 0 fully saturated rings. The van der Waals surface area contributed by atoms with Gasteiger partial charge in [0, 0.05) is 18.2 Å². The van der Waals surface area contributed by atoms with Gasteiger partial charge in [0.05, 0.1) is 0 Å². The number of H-pyrrole nitrogens is 2. The van der Waals surface area contributed by atoms with Crippen molar-refractivity contribution in [3.63, 3.8) is 0 Å². The maximum Gasteiger partial charge on any atom is 0.330 e. The standard InChI is InChI=1S/C10H10N4O2/c11-8-5-9(15)13-10(16)14(8)6-7-3-1-2-4-12-7/h1-5H,6,11H2,(H,13,15,16)/p+1. The summed E-state index contributed by atoms with van der Waals surface area (Å²) in [6.07, 6.45) is 1.75. The topological polar surface area (TPSA) is 95.0 Å². The van der Waals surface area contributed by atoms with Crippen molar-refractivity contribution >= 4 is 5.82 Å². The molecule has 2 heterocycles. The molecule has 0 bridgehead atoms. The Morgan fingerprint density at radius 3 is 2.81 bits per heavy atom. The van der Waals surface area contributed by atoms with Crippen molar-refractivity contribution in [2.75, 3.05) is 5.73 Å². The first-order valence-electron chi connectivity index (χ1n) is 4.72. The summed E-state index contributed by atoms with van der Waals surface area (Å²) in [5, 5.41) is 0.